The largest absolute Gasteiger partial charge is 0.574 e. The van der Waals surface area contributed by atoms with Gasteiger partial charge in [0, 0.05) is 6.07 Å². The maximum Gasteiger partial charge on any atom is 0.574 e. The second kappa shape index (κ2) is 3.08. The van der Waals surface area contributed by atoms with Crippen LogP contribution in [0.2, 0.25) is 0 Å². The standard InChI is InChI=1S/C6H3F4NO2/c7-4-1-3(12)2-11-5(4)13-6(8,9)10/h1-2,12H. The normalized spacial score (nSPS) is 11.4. The summed E-state index contributed by atoms with van der Waals surface area (Å²) in [5.41, 5.74) is 0. The van der Waals surface area contributed by atoms with Crippen molar-refractivity contribution < 1.29 is 27.4 Å². The van der Waals surface area contributed by atoms with Gasteiger partial charge in [-0.15, -0.1) is 13.2 Å². The Labute approximate surface area is 69.6 Å². The highest BCUT2D eigenvalue weighted by molar-refractivity contribution is 5.23. The molecule has 0 amide bonds. The molecule has 72 valence electrons. The summed E-state index contributed by atoms with van der Waals surface area (Å²) in [6.07, 6.45) is -4.35. The van der Waals surface area contributed by atoms with Crippen molar-refractivity contribution in [2.45, 2.75) is 6.36 Å². The highest BCUT2D eigenvalue weighted by Gasteiger charge is 2.33. The van der Waals surface area contributed by atoms with Crippen molar-refractivity contribution in [3.05, 3.63) is 18.1 Å². The summed E-state index contributed by atoms with van der Waals surface area (Å²) in [5, 5.41) is 8.60. The number of hydrogen-bond acceptors (Lipinski definition) is 3. The van der Waals surface area contributed by atoms with Crippen LogP contribution in [0.3, 0.4) is 0 Å². The van der Waals surface area contributed by atoms with Gasteiger partial charge in [0.05, 0.1) is 6.20 Å². The van der Waals surface area contributed by atoms with E-state index in [4.69, 9.17) is 5.11 Å². The molecule has 0 radical (unpaired) electrons. The molecule has 0 saturated heterocycles. The maximum absolute atomic E-state index is 12.5. The second-order valence-corrected chi connectivity index (χ2v) is 2.03. The topological polar surface area (TPSA) is 42.4 Å². The third-order valence-electron chi connectivity index (χ3n) is 1.01. The second-order valence-electron chi connectivity index (χ2n) is 2.03. The van der Waals surface area contributed by atoms with E-state index in [1.807, 2.05) is 0 Å². The van der Waals surface area contributed by atoms with Crippen LogP contribution in [0.5, 0.6) is 11.6 Å². The van der Waals surface area contributed by atoms with Gasteiger partial charge >= 0.3 is 6.36 Å². The minimum atomic E-state index is -5.00. The number of alkyl halides is 3. The summed E-state index contributed by atoms with van der Waals surface area (Å²) in [4.78, 5) is 2.90. The molecule has 7 heteroatoms. The zero-order valence-electron chi connectivity index (χ0n) is 5.97. The number of pyridine rings is 1. The van der Waals surface area contributed by atoms with E-state index < -0.39 is 23.8 Å². The van der Waals surface area contributed by atoms with Crippen LogP contribution in [-0.2, 0) is 0 Å². The number of ether oxygens (including phenoxy) is 1. The van der Waals surface area contributed by atoms with Crippen molar-refractivity contribution in [2.24, 2.45) is 0 Å². The van der Waals surface area contributed by atoms with Gasteiger partial charge < -0.3 is 9.84 Å². The Kier molecular flexibility index (Phi) is 2.26. The average molecular weight is 197 g/mol. The van der Waals surface area contributed by atoms with Gasteiger partial charge in [0.25, 0.3) is 5.88 Å². The fourth-order valence-corrected chi connectivity index (χ4v) is 0.600. The molecular weight excluding hydrogens is 194 g/mol. The predicted octanol–water partition coefficient (Wildman–Crippen LogP) is 1.82. The van der Waals surface area contributed by atoms with Gasteiger partial charge in [-0.3, -0.25) is 0 Å². The van der Waals surface area contributed by atoms with Gasteiger partial charge in [-0.1, -0.05) is 0 Å². The van der Waals surface area contributed by atoms with Gasteiger partial charge in [-0.05, 0) is 0 Å². The van der Waals surface area contributed by atoms with Crippen LogP contribution < -0.4 is 4.74 Å². The monoisotopic (exact) mass is 197 g/mol. The lowest BCUT2D eigenvalue weighted by Gasteiger charge is -2.07. The summed E-state index contributed by atoms with van der Waals surface area (Å²) in [6, 6.07) is 0.466. The first-order valence-corrected chi connectivity index (χ1v) is 2.99. The fraction of sp³-hybridized carbons (Fsp3) is 0.167. The third-order valence-corrected chi connectivity index (χ3v) is 1.01. The zero-order chi connectivity index (χ0) is 10.1. The van der Waals surface area contributed by atoms with Crippen LogP contribution >= 0.6 is 0 Å². The van der Waals surface area contributed by atoms with Gasteiger partial charge in [0.15, 0.2) is 5.82 Å². The van der Waals surface area contributed by atoms with Crippen molar-refractivity contribution in [1.29, 1.82) is 0 Å². The van der Waals surface area contributed by atoms with Gasteiger partial charge in [0.2, 0.25) is 0 Å². The lowest BCUT2D eigenvalue weighted by molar-refractivity contribution is -0.277. The summed E-state index contributed by atoms with van der Waals surface area (Å²) in [6.45, 7) is 0. The molecule has 0 saturated carbocycles. The molecule has 1 aromatic rings. The number of hydrogen-bond donors (Lipinski definition) is 1. The van der Waals surface area contributed by atoms with Crippen molar-refractivity contribution in [1.82, 2.24) is 4.98 Å². The van der Waals surface area contributed by atoms with E-state index in [0.717, 1.165) is 0 Å². The molecular formula is C6H3F4NO2. The Balaban J connectivity index is 2.90. The van der Waals surface area contributed by atoms with Gasteiger partial charge in [-0.2, -0.15) is 0 Å². The van der Waals surface area contributed by atoms with Crippen molar-refractivity contribution >= 4 is 0 Å². The molecule has 0 unspecified atom stereocenters. The van der Waals surface area contributed by atoms with Gasteiger partial charge in [-0.25, -0.2) is 9.37 Å². The summed E-state index contributed by atoms with van der Waals surface area (Å²) in [5.74, 6) is -3.17. The number of nitrogens with zero attached hydrogens (tertiary/aromatic N) is 1. The minimum absolute atomic E-state index is 0.466. The molecule has 0 atom stereocenters. The Morgan fingerprint density at radius 1 is 1.38 bits per heavy atom. The molecule has 0 spiro atoms. The van der Waals surface area contributed by atoms with Crippen molar-refractivity contribution in [2.75, 3.05) is 0 Å². The molecule has 0 bridgehead atoms. The number of rotatable bonds is 1. The fourth-order valence-electron chi connectivity index (χ4n) is 0.600. The quantitative estimate of drug-likeness (QED) is 0.698. The van der Waals surface area contributed by atoms with Crippen LogP contribution in [0, 0.1) is 5.82 Å². The van der Waals surface area contributed by atoms with E-state index >= 15 is 0 Å². The molecule has 0 aliphatic heterocycles. The van der Waals surface area contributed by atoms with Crippen LogP contribution in [-0.4, -0.2) is 16.5 Å². The first-order valence-electron chi connectivity index (χ1n) is 2.99. The van der Waals surface area contributed by atoms with Crippen LogP contribution in [0.25, 0.3) is 0 Å². The zero-order valence-corrected chi connectivity index (χ0v) is 5.97. The smallest absolute Gasteiger partial charge is 0.506 e. The Bertz CT molecular complexity index is 312. The maximum atomic E-state index is 12.5. The summed E-state index contributed by atoms with van der Waals surface area (Å²) >= 11 is 0. The van der Waals surface area contributed by atoms with E-state index in [2.05, 4.69) is 9.72 Å². The first kappa shape index (κ1) is 9.56. The average Bonchev–Trinajstić information content (AvgIpc) is 1.93. The molecule has 1 rings (SSSR count). The van der Waals surface area contributed by atoms with E-state index in [-0.39, 0.29) is 0 Å². The summed E-state index contributed by atoms with van der Waals surface area (Å²) in [7, 11) is 0. The Morgan fingerprint density at radius 2 is 2.00 bits per heavy atom. The molecule has 0 aromatic carbocycles. The third kappa shape index (κ3) is 2.77. The SMILES string of the molecule is Oc1cnc(OC(F)(F)F)c(F)c1. The molecule has 1 aromatic heterocycles. The molecule has 1 heterocycles. The van der Waals surface area contributed by atoms with Crippen LogP contribution in [0.15, 0.2) is 12.3 Å². The van der Waals surface area contributed by atoms with Crippen LogP contribution in [0.4, 0.5) is 17.6 Å². The highest BCUT2D eigenvalue weighted by atomic mass is 19.4. The molecule has 13 heavy (non-hydrogen) atoms. The number of aromatic nitrogens is 1. The van der Waals surface area contributed by atoms with Crippen LogP contribution in [0.1, 0.15) is 0 Å². The van der Waals surface area contributed by atoms with Gasteiger partial charge in [0.1, 0.15) is 5.75 Å². The first-order chi connectivity index (χ1) is 5.88. The Hall–Kier alpha value is -1.53. The van der Waals surface area contributed by atoms with Crippen molar-refractivity contribution in [3.8, 4) is 11.6 Å². The number of halogens is 4. The minimum Gasteiger partial charge on any atom is -0.506 e. The molecule has 1 N–H and O–H groups in total. The van der Waals surface area contributed by atoms with E-state index in [1.54, 1.807) is 0 Å². The lowest BCUT2D eigenvalue weighted by Crippen LogP contribution is -2.18. The van der Waals surface area contributed by atoms with E-state index in [9.17, 15) is 17.6 Å². The molecule has 0 aliphatic rings. The number of aromatic hydroxyl groups is 1. The summed E-state index contributed by atoms with van der Waals surface area (Å²) < 4.78 is 50.3. The molecule has 3 nitrogen and oxygen atoms in total. The predicted molar refractivity (Wildman–Crippen MR) is 32.5 cm³/mol. The van der Waals surface area contributed by atoms with Crippen molar-refractivity contribution in [3.63, 3.8) is 0 Å². The van der Waals surface area contributed by atoms with E-state index in [1.165, 1.54) is 0 Å². The van der Waals surface area contributed by atoms with E-state index in [0.29, 0.717) is 12.3 Å². The molecule has 0 aliphatic carbocycles. The Morgan fingerprint density at radius 3 is 2.46 bits per heavy atom. The molecule has 0 fully saturated rings. The highest BCUT2D eigenvalue weighted by Crippen LogP contribution is 2.24. The lowest BCUT2D eigenvalue weighted by atomic mass is 10.4.